The highest BCUT2D eigenvalue weighted by molar-refractivity contribution is 6.32. The minimum Gasteiger partial charge on any atom is -0.454 e. The topological polar surface area (TPSA) is 71.3 Å². The van der Waals surface area contributed by atoms with E-state index in [1.165, 1.54) is 6.08 Å². The molecule has 6 heteroatoms. The van der Waals surface area contributed by atoms with Crippen molar-refractivity contribution in [2.24, 2.45) is 0 Å². The number of nitriles is 1. The van der Waals surface area contributed by atoms with Crippen molar-refractivity contribution < 1.29 is 14.3 Å². The van der Waals surface area contributed by atoms with Gasteiger partial charge >= 0.3 is 0 Å². The van der Waals surface area contributed by atoms with Gasteiger partial charge < -0.3 is 14.8 Å². The second-order valence-electron chi connectivity index (χ2n) is 5.39. The molecule has 0 atom stereocenters. The molecule has 1 aliphatic rings. The summed E-state index contributed by atoms with van der Waals surface area (Å²) in [5, 5.41) is 12.4. The van der Waals surface area contributed by atoms with E-state index in [-0.39, 0.29) is 12.4 Å². The first kappa shape index (κ1) is 16.9. The molecule has 1 amide bonds. The molecule has 126 valence electrons. The van der Waals surface area contributed by atoms with Crippen LogP contribution < -0.4 is 14.8 Å². The van der Waals surface area contributed by atoms with Gasteiger partial charge in [0.25, 0.3) is 5.91 Å². The summed E-state index contributed by atoms with van der Waals surface area (Å²) in [6, 6.07) is 15.0. The van der Waals surface area contributed by atoms with E-state index in [9.17, 15) is 10.1 Å². The van der Waals surface area contributed by atoms with E-state index in [2.05, 4.69) is 5.32 Å². The average Bonchev–Trinajstić information content (AvgIpc) is 3.07. The monoisotopic (exact) mass is 354 g/mol. The Balaban J connectivity index is 1.68. The zero-order chi connectivity index (χ0) is 17.6. The molecule has 0 saturated heterocycles. The SMILES string of the molecule is N#C/C(=C\c1cc2c(cc1Cl)OCO2)C(=O)NCCc1ccccc1. The molecule has 0 radical (unpaired) electrons. The van der Waals surface area contributed by atoms with Gasteiger partial charge in [-0.05, 0) is 29.7 Å². The molecule has 1 heterocycles. The number of carbonyl (C=O) groups excluding carboxylic acids is 1. The number of hydrogen-bond donors (Lipinski definition) is 1. The Morgan fingerprint density at radius 1 is 1.24 bits per heavy atom. The van der Waals surface area contributed by atoms with E-state index in [0.717, 1.165) is 5.56 Å². The number of nitrogens with one attached hydrogen (secondary N) is 1. The van der Waals surface area contributed by atoms with Crippen molar-refractivity contribution in [3.05, 3.63) is 64.2 Å². The first-order chi connectivity index (χ1) is 12.2. The summed E-state index contributed by atoms with van der Waals surface area (Å²) < 4.78 is 10.5. The summed E-state index contributed by atoms with van der Waals surface area (Å²) in [6.07, 6.45) is 2.14. The predicted molar refractivity (Wildman–Crippen MR) is 94.3 cm³/mol. The lowest BCUT2D eigenvalue weighted by atomic mass is 10.1. The molecule has 0 bridgehead atoms. The first-order valence-electron chi connectivity index (χ1n) is 7.70. The summed E-state index contributed by atoms with van der Waals surface area (Å²) in [5.41, 5.74) is 1.62. The van der Waals surface area contributed by atoms with E-state index in [4.69, 9.17) is 21.1 Å². The number of ether oxygens (including phenoxy) is 2. The van der Waals surface area contributed by atoms with Crippen molar-refractivity contribution in [1.82, 2.24) is 5.32 Å². The van der Waals surface area contributed by atoms with Crippen LogP contribution >= 0.6 is 11.6 Å². The van der Waals surface area contributed by atoms with E-state index in [0.29, 0.717) is 35.1 Å². The lowest BCUT2D eigenvalue weighted by Crippen LogP contribution is -2.26. The third kappa shape index (κ3) is 4.11. The van der Waals surface area contributed by atoms with Gasteiger partial charge in [-0.15, -0.1) is 0 Å². The molecule has 0 spiro atoms. The van der Waals surface area contributed by atoms with Crippen LogP contribution in [0.3, 0.4) is 0 Å². The van der Waals surface area contributed by atoms with Crippen LogP contribution in [-0.2, 0) is 11.2 Å². The standard InChI is InChI=1S/C19H15ClN2O3/c20-16-10-18-17(24-12-25-18)9-14(16)8-15(11-21)19(23)22-7-6-13-4-2-1-3-5-13/h1-5,8-10H,6-7,12H2,(H,22,23)/b15-8+. The van der Waals surface area contributed by atoms with Crippen molar-refractivity contribution in [2.75, 3.05) is 13.3 Å². The zero-order valence-corrected chi connectivity index (χ0v) is 14.0. The fourth-order valence-electron chi connectivity index (χ4n) is 2.41. The summed E-state index contributed by atoms with van der Waals surface area (Å²) >= 11 is 6.18. The Kier molecular flexibility index (Phi) is 5.22. The molecule has 1 aliphatic heterocycles. The number of fused-ring (bicyclic) bond motifs is 1. The molecular weight excluding hydrogens is 340 g/mol. The van der Waals surface area contributed by atoms with Crippen LogP contribution in [0.25, 0.3) is 6.08 Å². The molecule has 2 aromatic carbocycles. The van der Waals surface area contributed by atoms with Gasteiger partial charge in [0, 0.05) is 12.6 Å². The van der Waals surface area contributed by atoms with Crippen LogP contribution in [-0.4, -0.2) is 19.2 Å². The van der Waals surface area contributed by atoms with Crippen molar-refractivity contribution in [2.45, 2.75) is 6.42 Å². The Morgan fingerprint density at radius 3 is 2.68 bits per heavy atom. The average molecular weight is 355 g/mol. The van der Waals surface area contributed by atoms with Crippen LogP contribution in [0.15, 0.2) is 48.0 Å². The molecular formula is C19H15ClN2O3. The Morgan fingerprint density at radius 2 is 1.96 bits per heavy atom. The third-order valence-corrected chi connectivity index (χ3v) is 4.03. The quantitative estimate of drug-likeness (QED) is 0.660. The smallest absolute Gasteiger partial charge is 0.261 e. The van der Waals surface area contributed by atoms with Gasteiger partial charge in [-0.3, -0.25) is 4.79 Å². The molecule has 0 fully saturated rings. The number of benzene rings is 2. The fraction of sp³-hybridized carbons (Fsp3) is 0.158. The minimum atomic E-state index is -0.438. The number of amides is 1. The van der Waals surface area contributed by atoms with E-state index in [1.54, 1.807) is 12.1 Å². The number of hydrogen-bond acceptors (Lipinski definition) is 4. The summed E-state index contributed by atoms with van der Waals surface area (Å²) in [4.78, 5) is 12.2. The first-order valence-corrected chi connectivity index (χ1v) is 8.08. The van der Waals surface area contributed by atoms with Crippen molar-refractivity contribution >= 4 is 23.6 Å². The highest BCUT2D eigenvalue weighted by atomic mass is 35.5. The Hall–Kier alpha value is -2.97. The van der Waals surface area contributed by atoms with Crippen molar-refractivity contribution in [3.63, 3.8) is 0 Å². The van der Waals surface area contributed by atoms with Gasteiger partial charge in [-0.2, -0.15) is 5.26 Å². The van der Waals surface area contributed by atoms with Gasteiger partial charge in [-0.25, -0.2) is 0 Å². The largest absolute Gasteiger partial charge is 0.454 e. The molecule has 3 rings (SSSR count). The summed E-state index contributed by atoms with van der Waals surface area (Å²) in [6.45, 7) is 0.570. The number of nitrogens with zero attached hydrogens (tertiary/aromatic N) is 1. The minimum absolute atomic E-state index is 0.0196. The molecule has 25 heavy (non-hydrogen) atoms. The van der Waals surface area contributed by atoms with E-state index < -0.39 is 5.91 Å². The van der Waals surface area contributed by atoms with Crippen LogP contribution in [0.5, 0.6) is 11.5 Å². The van der Waals surface area contributed by atoms with Crippen LogP contribution in [0.2, 0.25) is 5.02 Å². The molecule has 5 nitrogen and oxygen atoms in total. The number of carbonyl (C=O) groups is 1. The van der Waals surface area contributed by atoms with Gasteiger partial charge in [0.15, 0.2) is 11.5 Å². The van der Waals surface area contributed by atoms with E-state index >= 15 is 0 Å². The molecule has 0 unspecified atom stereocenters. The van der Waals surface area contributed by atoms with E-state index in [1.807, 2.05) is 36.4 Å². The highest BCUT2D eigenvalue weighted by Gasteiger charge is 2.17. The molecule has 0 saturated carbocycles. The fourth-order valence-corrected chi connectivity index (χ4v) is 2.62. The second kappa shape index (κ2) is 7.73. The van der Waals surface area contributed by atoms with Gasteiger partial charge in [0.2, 0.25) is 6.79 Å². The normalized spacial score (nSPS) is 12.6. The van der Waals surface area contributed by atoms with Crippen LogP contribution in [0.4, 0.5) is 0 Å². The highest BCUT2D eigenvalue weighted by Crippen LogP contribution is 2.37. The van der Waals surface area contributed by atoms with Gasteiger partial charge in [-0.1, -0.05) is 41.9 Å². The maximum atomic E-state index is 12.2. The molecule has 1 N–H and O–H groups in total. The van der Waals surface area contributed by atoms with Crippen molar-refractivity contribution in [3.8, 4) is 17.6 Å². The Labute approximate surface area is 150 Å². The predicted octanol–water partition coefficient (Wildman–Crippen LogP) is 3.33. The number of rotatable bonds is 5. The zero-order valence-electron chi connectivity index (χ0n) is 13.3. The molecule has 2 aromatic rings. The molecule has 0 aliphatic carbocycles. The molecule has 0 aromatic heterocycles. The lowest BCUT2D eigenvalue weighted by Gasteiger charge is -2.06. The maximum Gasteiger partial charge on any atom is 0.261 e. The maximum absolute atomic E-state index is 12.2. The number of halogens is 1. The Bertz CT molecular complexity index is 857. The second-order valence-corrected chi connectivity index (χ2v) is 5.80. The summed E-state index contributed by atoms with van der Waals surface area (Å²) in [7, 11) is 0. The van der Waals surface area contributed by atoms with Gasteiger partial charge in [0.05, 0.1) is 5.02 Å². The van der Waals surface area contributed by atoms with Crippen LogP contribution in [0.1, 0.15) is 11.1 Å². The summed E-state index contributed by atoms with van der Waals surface area (Å²) in [5.74, 6) is 0.651. The van der Waals surface area contributed by atoms with Crippen LogP contribution in [0, 0.1) is 11.3 Å². The lowest BCUT2D eigenvalue weighted by molar-refractivity contribution is -0.117. The van der Waals surface area contributed by atoms with Gasteiger partial charge in [0.1, 0.15) is 11.6 Å². The van der Waals surface area contributed by atoms with Crippen molar-refractivity contribution in [1.29, 1.82) is 5.26 Å². The third-order valence-electron chi connectivity index (χ3n) is 3.70.